The summed E-state index contributed by atoms with van der Waals surface area (Å²) < 4.78 is 27.8. The molecule has 2 heterocycles. The summed E-state index contributed by atoms with van der Waals surface area (Å²) in [5.41, 5.74) is 0. The first kappa shape index (κ1) is 14.8. The van der Waals surface area contributed by atoms with Crippen LogP contribution in [-0.2, 0) is 10.0 Å². The van der Waals surface area contributed by atoms with E-state index in [1.807, 2.05) is 0 Å². The lowest BCUT2D eigenvalue weighted by Crippen LogP contribution is -2.38. The van der Waals surface area contributed by atoms with Crippen LogP contribution in [0.25, 0.3) is 0 Å². The first-order chi connectivity index (χ1) is 8.34. The largest absolute Gasteiger partial charge is 0.252 e. The van der Waals surface area contributed by atoms with Gasteiger partial charge in [-0.3, -0.25) is 0 Å². The molecule has 7 heteroatoms. The second kappa shape index (κ2) is 5.40. The van der Waals surface area contributed by atoms with Crippen LogP contribution in [0.4, 0.5) is 0 Å². The molecule has 0 amide bonds. The van der Waals surface area contributed by atoms with Crippen molar-refractivity contribution >= 4 is 48.9 Å². The fourth-order valence-corrected chi connectivity index (χ4v) is 6.65. The van der Waals surface area contributed by atoms with Crippen LogP contribution < -0.4 is 0 Å². The van der Waals surface area contributed by atoms with Gasteiger partial charge in [0.1, 0.15) is 4.21 Å². The van der Waals surface area contributed by atoms with Crippen LogP contribution in [0.15, 0.2) is 14.1 Å². The summed E-state index contributed by atoms with van der Waals surface area (Å²) >= 11 is 10.4. The molecule has 1 fully saturated rings. The Morgan fingerprint density at radius 1 is 1.56 bits per heavy atom. The van der Waals surface area contributed by atoms with Gasteiger partial charge in [0.05, 0.1) is 8.81 Å². The van der Waals surface area contributed by atoms with Gasteiger partial charge < -0.3 is 0 Å². The molecule has 1 aliphatic rings. The highest BCUT2D eigenvalue weighted by molar-refractivity contribution is 9.11. The standard InChI is InChI=1S/C11H15BrClNO2S2/c1-7(2)9-4-3-5-14(9)18(15,16)10-6-8(13)11(12)17-10/h6-7,9H,3-5H2,1-2H3. The summed E-state index contributed by atoms with van der Waals surface area (Å²) in [6, 6.07) is 1.64. The second-order valence-corrected chi connectivity index (χ2v) is 9.65. The van der Waals surface area contributed by atoms with E-state index in [1.54, 1.807) is 4.31 Å². The SMILES string of the molecule is CC(C)C1CCCN1S(=O)(=O)c1cc(Cl)c(Br)s1. The normalized spacial score (nSPS) is 21.9. The molecule has 0 aromatic carbocycles. The Labute approximate surface area is 125 Å². The van der Waals surface area contributed by atoms with Gasteiger partial charge in [-0.05, 0) is 40.8 Å². The molecule has 18 heavy (non-hydrogen) atoms. The van der Waals surface area contributed by atoms with E-state index in [-0.39, 0.29) is 6.04 Å². The molecule has 1 unspecified atom stereocenters. The lowest BCUT2D eigenvalue weighted by molar-refractivity contribution is 0.316. The van der Waals surface area contributed by atoms with Crippen LogP contribution >= 0.6 is 38.9 Å². The third kappa shape index (κ3) is 2.63. The fourth-order valence-electron chi connectivity index (χ4n) is 2.30. The molecule has 0 radical (unpaired) electrons. The number of rotatable bonds is 3. The van der Waals surface area contributed by atoms with Crippen molar-refractivity contribution in [1.82, 2.24) is 4.31 Å². The predicted molar refractivity (Wildman–Crippen MR) is 78.8 cm³/mol. The average molecular weight is 373 g/mol. The highest BCUT2D eigenvalue weighted by Crippen LogP contribution is 2.38. The van der Waals surface area contributed by atoms with Crippen LogP contribution in [0.3, 0.4) is 0 Å². The molecule has 0 saturated carbocycles. The summed E-state index contributed by atoms with van der Waals surface area (Å²) in [6.07, 6.45) is 1.87. The zero-order valence-corrected chi connectivity index (χ0v) is 14.2. The summed E-state index contributed by atoms with van der Waals surface area (Å²) in [5, 5.41) is 0.457. The van der Waals surface area contributed by atoms with Gasteiger partial charge in [-0.1, -0.05) is 25.4 Å². The topological polar surface area (TPSA) is 37.4 Å². The molecule has 2 rings (SSSR count). The minimum Gasteiger partial charge on any atom is -0.206 e. The molecule has 0 aliphatic carbocycles. The van der Waals surface area contributed by atoms with Crippen molar-refractivity contribution in [3.05, 3.63) is 14.9 Å². The molecule has 1 aromatic rings. The van der Waals surface area contributed by atoms with Gasteiger partial charge in [0.25, 0.3) is 10.0 Å². The Kier molecular flexibility index (Phi) is 4.44. The van der Waals surface area contributed by atoms with E-state index in [2.05, 4.69) is 29.8 Å². The summed E-state index contributed by atoms with van der Waals surface area (Å²) in [4.78, 5) is 0. The highest BCUT2D eigenvalue weighted by Gasteiger charge is 2.37. The van der Waals surface area contributed by atoms with Gasteiger partial charge >= 0.3 is 0 Å². The lowest BCUT2D eigenvalue weighted by atomic mass is 10.0. The number of hydrogen-bond acceptors (Lipinski definition) is 3. The summed E-state index contributed by atoms with van der Waals surface area (Å²) in [5.74, 6) is 0.334. The minimum atomic E-state index is -3.40. The molecule has 1 saturated heterocycles. The monoisotopic (exact) mass is 371 g/mol. The van der Waals surface area contributed by atoms with Crippen molar-refractivity contribution in [2.45, 2.75) is 36.9 Å². The molecule has 1 atom stereocenters. The third-order valence-electron chi connectivity index (χ3n) is 3.20. The Balaban J connectivity index is 2.36. The Morgan fingerprint density at radius 3 is 2.72 bits per heavy atom. The van der Waals surface area contributed by atoms with Crippen LogP contribution in [0.2, 0.25) is 5.02 Å². The highest BCUT2D eigenvalue weighted by atomic mass is 79.9. The first-order valence-electron chi connectivity index (χ1n) is 5.80. The average Bonchev–Trinajstić information content (AvgIpc) is 2.87. The molecule has 102 valence electrons. The van der Waals surface area contributed by atoms with Crippen LogP contribution in [0.1, 0.15) is 26.7 Å². The maximum Gasteiger partial charge on any atom is 0.252 e. The first-order valence-corrected chi connectivity index (χ1v) is 9.23. The van der Waals surface area contributed by atoms with Gasteiger partial charge in [-0.15, -0.1) is 11.3 Å². The Morgan fingerprint density at radius 2 is 2.22 bits per heavy atom. The molecule has 0 bridgehead atoms. The zero-order chi connectivity index (χ0) is 13.5. The van der Waals surface area contributed by atoms with E-state index in [9.17, 15) is 8.42 Å². The molecule has 0 spiro atoms. The quantitative estimate of drug-likeness (QED) is 0.805. The molecule has 0 N–H and O–H groups in total. The van der Waals surface area contributed by atoms with Gasteiger partial charge in [-0.2, -0.15) is 4.31 Å². The molecule has 1 aliphatic heterocycles. The summed E-state index contributed by atoms with van der Waals surface area (Å²) in [6.45, 7) is 4.74. The van der Waals surface area contributed by atoms with E-state index >= 15 is 0 Å². The van der Waals surface area contributed by atoms with Crippen LogP contribution in [0, 0.1) is 5.92 Å². The maximum atomic E-state index is 12.6. The Hall–Kier alpha value is 0.380. The smallest absolute Gasteiger partial charge is 0.206 e. The van der Waals surface area contributed by atoms with E-state index in [4.69, 9.17) is 11.6 Å². The summed E-state index contributed by atoms with van der Waals surface area (Å²) in [7, 11) is -3.40. The molecule has 3 nitrogen and oxygen atoms in total. The van der Waals surface area contributed by atoms with E-state index in [0.29, 0.717) is 25.5 Å². The van der Waals surface area contributed by atoms with Crippen LogP contribution in [-0.4, -0.2) is 25.3 Å². The molecular weight excluding hydrogens is 358 g/mol. The van der Waals surface area contributed by atoms with Gasteiger partial charge in [0.2, 0.25) is 0 Å². The Bertz CT molecular complexity index is 522. The molecule has 1 aromatic heterocycles. The van der Waals surface area contributed by atoms with Crippen LogP contribution in [0.5, 0.6) is 0 Å². The van der Waals surface area contributed by atoms with Crippen molar-refractivity contribution in [2.75, 3.05) is 6.54 Å². The zero-order valence-electron chi connectivity index (χ0n) is 10.2. The van der Waals surface area contributed by atoms with E-state index in [1.165, 1.54) is 17.4 Å². The van der Waals surface area contributed by atoms with E-state index < -0.39 is 10.0 Å². The van der Waals surface area contributed by atoms with Crippen molar-refractivity contribution in [3.63, 3.8) is 0 Å². The number of sulfonamides is 1. The number of hydrogen-bond donors (Lipinski definition) is 0. The number of halogens is 2. The minimum absolute atomic E-state index is 0.106. The van der Waals surface area contributed by atoms with Crippen molar-refractivity contribution in [1.29, 1.82) is 0 Å². The molecular formula is C11H15BrClNO2S2. The third-order valence-corrected chi connectivity index (χ3v) is 8.05. The maximum absolute atomic E-state index is 12.6. The number of nitrogens with zero attached hydrogens (tertiary/aromatic N) is 1. The van der Waals surface area contributed by atoms with Crippen molar-refractivity contribution in [3.8, 4) is 0 Å². The lowest BCUT2D eigenvalue weighted by Gasteiger charge is -2.26. The van der Waals surface area contributed by atoms with E-state index in [0.717, 1.165) is 12.8 Å². The van der Waals surface area contributed by atoms with Gasteiger partial charge in [-0.25, -0.2) is 8.42 Å². The number of thiophene rings is 1. The van der Waals surface area contributed by atoms with Crippen molar-refractivity contribution < 1.29 is 8.42 Å². The van der Waals surface area contributed by atoms with Gasteiger partial charge in [0.15, 0.2) is 0 Å². The second-order valence-electron chi connectivity index (χ2n) is 4.76. The fraction of sp³-hybridized carbons (Fsp3) is 0.636. The van der Waals surface area contributed by atoms with Gasteiger partial charge in [0, 0.05) is 12.6 Å². The van der Waals surface area contributed by atoms with Crippen molar-refractivity contribution in [2.24, 2.45) is 5.92 Å². The predicted octanol–water partition coefficient (Wildman–Crippen LogP) is 3.97.